The molecule has 1 aromatic rings. The molecule has 5 rings (SSSR count). The monoisotopic (exact) mass is 328 g/mol. The Morgan fingerprint density at radius 3 is 2.88 bits per heavy atom. The van der Waals surface area contributed by atoms with Gasteiger partial charge in [0.25, 0.3) is 0 Å². The van der Waals surface area contributed by atoms with Crippen molar-refractivity contribution in [1.29, 1.82) is 0 Å². The summed E-state index contributed by atoms with van der Waals surface area (Å²) in [6, 6.07) is 4.06. The molecule has 24 heavy (non-hydrogen) atoms. The van der Waals surface area contributed by atoms with E-state index in [0.717, 1.165) is 18.4 Å². The van der Waals surface area contributed by atoms with E-state index in [4.69, 9.17) is 9.47 Å². The quantitative estimate of drug-likeness (QED) is 0.861. The topological polar surface area (TPSA) is 55.8 Å². The van der Waals surface area contributed by atoms with Crippen molar-refractivity contribution in [1.82, 2.24) is 0 Å². The van der Waals surface area contributed by atoms with Crippen molar-refractivity contribution in [3.8, 4) is 11.5 Å². The van der Waals surface area contributed by atoms with Crippen molar-refractivity contribution in [3.05, 3.63) is 23.3 Å². The number of carbonyl (C=O) groups is 1. The van der Waals surface area contributed by atoms with E-state index in [0.29, 0.717) is 30.3 Å². The van der Waals surface area contributed by atoms with Crippen LogP contribution in [0.2, 0.25) is 0 Å². The number of carbonyl (C=O) groups excluding carboxylic acids is 1. The highest BCUT2D eigenvalue weighted by Gasteiger charge is 2.74. The fourth-order valence-electron chi connectivity index (χ4n) is 6.67. The molecule has 128 valence electrons. The third-order valence-electron chi connectivity index (χ3n) is 7.49. The summed E-state index contributed by atoms with van der Waals surface area (Å²) in [5.74, 6) is 2.36. The van der Waals surface area contributed by atoms with Crippen LogP contribution in [0.25, 0.3) is 0 Å². The van der Waals surface area contributed by atoms with E-state index in [2.05, 4.69) is 19.9 Å². The lowest BCUT2D eigenvalue weighted by Gasteiger charge is -2.64. The van der Waals surface area contributed by atoms with E-state index in [1.54, 1.807) is 7.11 Å². The van der Waals surface area contributed by atoms with Gasteiger partial charge in [-0.05, 0) is 48.6 Å². The van der Waals surface area contributed by atoms with Crippen LogP contribution in [0.4, 0.5) is 0 Å². The van der Waals surface area contributed by atoms with Crippen LogP contribution in [0.5, 0.6) is 11.5 Å². The standard InChI is InChI=1S/C20H24O4/c1-10-8-11(2)20-16-12-4-5-15(23-3)17(16)24-18(20)14(21)6-7-19(20,22)13(10)9-12/h4-5,10-11,13,18,22H,6-9H2,1-3H3/t10?,11-,13-,18-,19+,20?/m0/s1. The van der Waals surface area contributed by atoms with Crippen molar-refractivity contribution in [3.63, 3.8) is 0 Å². The fourth-order valence-corrected chi connectivity index (χ4v) is 6.67. The zero-order valence-electron chi connectivity index (χ0n) is 14.5. The molecule has 1 N–H and O–H groups in total. The summed E-state index contributed by atoms with van der Waals surface area (Å²) in [5, 5.41) is 12.0. The molecule has 4 heteroatoms. The Morgan fingerprint density at radius 1 is 1.33 bits per heavy atom. The number of ketones is 1. The molecule has 2 unspecified atom stereocenters. The first-order valence-electron chi connectivity index (χ1n) is 9.07. The van der Waals surface area contributed by atoms with Gasteiger partial charge in [-0.2, -0.15) is 0 Å². The first-order valence-corrected chi connectivity index (χ1v) is 9.07. The number of rotatable bonds is 1. The Hall–Kier alpha value is -1.55. The highest BCUT2D eigenvalue weighted by atomic mass is 16.5. The number of hydrogen-bond donors (Lipinski definition) is 1. The van der Waals surface area contributed by atoms with E-state index < -0.39 is 17.1 Å². The van der Waals surface area contributed by atoms with Crippen LogP contribution in [0.3, 0.4) is 0 Å². The Bertz CT molecular complexity index is 756. The largest absolute Gasteiger partial charge is 0.493 e. The van der Waals surface area contributed by atoms with Crippen LogP contribution in [0.15, 0.2) is 12.1 Å². The average molecular weight is 328 g/mol. The maximum absolute atomic E-state index is 12.8. The second-order valence-corrected chi connectivity index (χ2v) is 8.31. The summed E-state index contributed by atoms with van der Waals surface area (Å²) in [5.41, 5.74) is 0.846. The Labute approximate surface area is 142 Å². The molecule has 3 aliphatic carbocycles. The zero-order valence-corrected chi connectivity index (χ0v) is 14.5. The smallest absolute Gasteiger partial charge is 0.174 e. The minimum absolute atomic E-state index is 0.130. The normalized spacial score (nSPS) is 44.8. The molecule has 1 aliphatic heterocycles. The molecule has 1 spiro atoms. The molecule has 1 aromatic carbocycles. The van der Waals surface area contributed by atoms with Crippen LogP contribution in [-0.2, 0) is 16.6 Å². The van der Waals surface area contributed by atoms with Crippen molar-refractivity contribution in [2.24, 2.45) is 17.8 Å². The number of ether oxygens (including phenoxy) is 2. The SMILES string of the molecule is COc1ccc2c3c1O[C@H]1C(=O)CC[C@@]4(O)[C@@H](C2)C(C)C[C@H](C)C314. The molecule has 0 amide bonds. The molecular formula is C20H24O4. The van der Waals surface area contributed by atoms with Crippen LogP contribution in [0, 0.1) is 17.8 Å². The van der Waals surface area contributed by atoms with Crippen molar-refractivity contribution < 1.29 is 19.4 Å². The van der Waals surface area contributed by atoms with Crippen LogP contribution in [0.1, 0.15) is 44.2 Å². The van der Waals surface area contributed by atoms with Gasteiger partial charge in [-0.15, -0.1) is 0 Å². The zero-order chi connectivity index (χ0) is 16.9. The van der Waals surface area contributed by atoms with Crippen molar-refractivity contribution >= 4 is 5.78 Å². The van der Waals surface area contributed by atoms with Crippen molar-refractivity contribution in [2.75, 3.05) is 7.11 Å². The molecule has 4 nitrogen and oxygen atoms in total. The maximum atomic E-state index is 12.8. The molecular weight excluding hydrogens is 304 g/mol. The van der Waals surface area contributed by atoms with E-state index >= 15 is 0 Å². The van der Waals surface area contributed by atoms with E-state index in [1.165, 1.54) is 5.56 Å². The van der Waals surface area contributed by atoms with E-state index in [9.17, 15) is 9.90 Å². The lowest BCUT2D eigenvalue weighted by Crippen LogP contribution is -2.73. The van der Waals surface area contributed by atoms with Gasteiger partial charge >= 0.3 is 0 Å². The Morgan fingerprint density at radius 2 is 2.12 bits per heavy atom. The minimum Gasteiger partial charge on any atom is -0.493 e. The summed E-state index contributed by atoms with van der Waals surface area (Å²) in [7, 11) is 1.63. The predicted molar refractivity (Wildman–Crippen MR) is 88.4 cm³/mol. The average Bonchev–Trinajstić information content (AvgIpc) is 2.93. The van der Waals surface area contributed by atoms with Gasteiger partial charge in [0, 0.05) is 12.0 Å². The third kappa shape index (κ3) is 1.32. The summed E-state index contributed by atoms with van der Waals surface area (Å²) in [6.45, 7) is 4.44. The Kier molecular flexibility index (Phi) is 2.67. The highest BCUT2D eigenvalue weighted by Crippen LogP contribution is 2.69. The molecule has 0 radical (unpaired) electrons. The molecule has 1 heterocycles. The first kappa shape index (κ1) is 14.8. The second kappa shape index (κ2) is 4.34. The van der Waals surface area contributed by atoms with Gasteiger partial charge in [0.05, 0.1) is 18.1 Å². The van der Waals surface area contributed by atoms with Crippen LogP contribution < -0.4 is 9.47 Å². The molecule has 2 bridgehead atoms. The number of benzene rings is 1. The second-order valence-electron chi connectivity index (χ2n) is 8.31. The van der Waals surface area contributed by atoms with E-state index in [-0.39, 0.29) is 17.6 Å². The lowest BCUT2D eigenvalue weighted by molar-refractivity contribution is -0.202. The number of methoxy groups -OCH3 is 1. The highest BCUT2D eigenvalue weighted by molar-refractivity contribution is 5.90. The van der Waals surface area contributed by atoms with Gasteiger partial charge in [0.2, 0.25) is 0 Å². The van der Waals surface area contributed by atoms with Gasteiger partial charge in [-0.25, -0.2) is 0 Å². The lowest BCUT2D eigenvalue weighted by atomic mass is 9.41. The molecule has 2 fully saturated rings. The molecule has 0 saturated heterocycles. The summed E-state index contributed by atoms with van der Waals surface area (Å²) >= 11 is 0. The molecule has 4 aliphatic rings. The van der Waals surface area contributed by atoms with Gasteiger partial charge in [0.1, 0.15) is 0 Å². The van der Waals surface area contributed by atoms with Gasteiger partial charge < -0.3 is 14.6 Å². The minimum atomic E-state index is -0.854. The Balaban J connectivity index is 1.89. The number of hydrogen-bond acceptors (Lipinski definition) is 4. The summed E-state index contributed by atoms with van der Waals surface area (Å²) in [6.07, 6.45) is 2.29. The van der Waals surface area contributed by atoms with Crippen LogP contribution >= 0.6 is 0 Å². The third-order valence-corrected chi connectivity index (χ3v) is 7.49. The molecule has 6 atom stereocenters. The van der Waals surface area contributed by atoms with Crippen LogP contribution in [-0.4, -0.2) is 29.7 Å². The summed E-state index contributed by atoms with van der Waals surface area (Å²) < 4.78 is 11.8. The first-order chi connectivity index (χ1) is 11.4. The fraction of sp³-hybridized carbons (Fsp3) is 0.650. The molecule has 0 aromatic heterocycles. The van der Waals surface area contributed by atoms with Crippen molar-refractivity contribution in [2.45, 2.75) is 56.7 Å². The maximum Gasteiger partial charge on any atom is 0.174 e. The van der Waals surface area contributed by atoms with Gasteiger partial charge in [-0.3, -0.25) is 4.79 Å². The van der Waals surface area contributed by atoms with Gasteiger partial charge in [-0.1, -0.05) is 19.9 Å². The van der Waals surface area contributed by atoms with E-state index in [1.807, 2.05) is 6.07 Å². The predicted octanol–water partition coefficient (Wildman–Crippen LogP) is 2.64. The molecule has 2 saturated carbocycles. The summed E-state index contributed by atoms with van der Waals surface area (Å²) in [4.78, 5) is 12.8. The number of aliphatic hydroxyl groups is 1. The number of Topliss-reactive ketones (excluding diaryl/α,β-unsaturated/α-hetero) is 1. The van der Waals surface area contributed by atoms with Gasteiger partial charge in [0.15, 0.2) is 23.4 Å².